The van der Waals surface area contributed by atoms with Gasteiger partial charge >= 0.3 is 0 Å². The Morgan fingerprint density at radius 1 is 1.22 bits per heavy atom. The molecule has 1 amide bonds. The van der Waals surface area contributed by atoms with Gasteiger partial charge < -0.3 is 9.73 Å². The van der Waals surface area contributed by atoms with Crippen molar-refractivity contribution in [2.24, 2.45) is 0 Å². The number of carbonyl (C=O) groups excluding carboxylic acids is 1. The summed E-state index contributed by atoms with van der Waals surface area (Å²) in [5, 5.41) is 2.50. The first-order chi connectivity index (χ1) is 8.68. The molecule has 5 heteroatoms. The highest BCUT2D eigenvalue weighted by atomic mass is 19.2. The fourth-order valence-electron chi connectivity index (χ4n) is 1.53. The number of benzene rings is 1. The molecule has 2 aromatic rings. The quantitative estimate of drug-likeness (QED) is 0.907. The van der Waals surface area contributed by atoms with Gasteiger partial charge in [-0.05, 0) is 24.3 Å². The van der Waals surface area contributed by atoms with Gasteiger partial charge in [-0.1, -0.05) is 6.07 Å². The van der Waals surface area contributed by atoms with Crippen molar-refractivity contribution in [2.45, 2.75) is 6.42 Å². The van der Waals surface area contributed by atoms with Crippen LogP contribution in [0.1, 0.15) is 16.1 Å². The van der Waals surface area contributed by atoms with E-state index in [0.29, 0.717) is 13.0 Å². The minimum absolute atomic E-state index is 0.294. The zero-order valence-electron chi connectivity index (χ0n) is 9.45. The molecule has 0 aliphatic heterocycles. The summed E-state index contributed by atoms with van der Waals surface area (Å²) in [6.45, 7) is 0.294. The van der Waals surface area contributed by atoms with Gasteiger partial charge in [0.05, 0.1) is 11.8 Å². The van der Waals surface area contributed by atoms with Gasteiger partial charge in [0.15, 0.2) is 11.6 Å². The van der Waals surface area contributed by atoms with Crippen LogP contribution < -0.4 is 5.32 Å². The maximum Gasteiger partial charge on any atom is 0.254 e. The summed E-state index contributed by atoms with van der Waals surface area (Å²) in [5.74, 6) is -2.09. The summed E-state index contributed by atoms with van der Waals surface area (Å²) in [5.41, 5.74) is -0.297. The average Bonchev–Trinajstić information content (AvgIpc) is 2.85. The zero-order chi connectivity index (χ0) is 13.0. The normalized spacial score (nSPS) is 10.3. The highest BCUT2D eigenvalue weighted by molar-refractivity contribution is 5.94. The topological polar surface area (TPSA) is 42.2 Å². The van der Waals surface area contributed by atoms with Crippen LogP contribution in [0.2, 0.25) is 0 Å². The Balaban J connectivity index is 1.93. The molecule has 2 rings (SSSR count). The minimum atomic E-state index is -1.13. The lowest BCUT2D eigenvalue weighted by Crippen LogP contribution is -2.26. The molecule has 0 radical (unpaired) electrons. The fraction of sp³-hybridized carbons (Fsp3) is 0.154. The van der Waals surface area contributed by atoms with E-state index < -0.39 is 17.5 Å². The molecular weight excluding hydrogens is 240 g/mol. The molecule has 1 aromatic heterocycles. The van der Waals surface area contributed by atoms with Crippen molar-refractivity contribution in [3.8, 4) is 0 Å². The first-order valence-corrected chi connectivity index (χ1v) is 5.43. The van der Waals surface area contributed by atoms with E-state index in [0.717, 1.165) is 11.8 Å². The Labute approximate surface area is 102 Å². The highest BCUT2D eigenvalue weighted by Crippen LogP contribution is 2.11. The number of hydrogen-bond acceptors (Lipinski definition) is 2. The van der Waals surface area contributed by atoms with Crippen molar-refractivity contribution in [1.29, 1.82) is 0 Å². The lowest BCUT2D eigenvalue weighted by molar-refractivity contribution is 0.0948. The molecule has 3 nitrogen and oxygen atoms in total. The number of carbonyl (C=O) groups is 1. The van der Waals surface area contributed by atoms with E-state index in [9.17, 15) is 13.6 Å². The third kappa shape index (κ3) is 2.74. The molecule has 0 aliphatic carbocycles. The van der Waals surface area contributed by atoms with Gasteiger partial charge in [0.2, 0.25) is 0 Å². The maximum atomic E-state index is 13.3. The van der Waals surface area contributed by atoms with Crippen LogP contribution >= 0.6 is 0 Å². The van der Waals surface area contributed by atoms with E-state index in [1.807, 2.05) is 0 Å². The second kappa shape index (κ2) is 5.44. The molecule has 18 heavy (non-hydrogen) atoms. The van der Waals surface area contributed by atoms with E-state index in [-0.39, 0.29) is 5.56 Å². The van der Waals surface area contributed by atoms with Crippen LogP contribution in [0, 0.1) is 11.6 Å². The van der Waals surface area contributed by atoms with Gasteiger partial charge in [0, 0.05) is 13.0 Å². The van der Waals surface area contributed by atoms with Crippen LogP contribution in [0.3, 0.4) is 0 Å². The fourth-order valence-corrected chi connectivity index (χ4v) is 1.53. The molecule has 0 spiro atoms. The average molecular weight is 251 g/mol. The Morgan fingerprint density at radius 2 is 2.06 bits per heavy atom. The number of hydrogen-bond donors (Lipinski definition) is 1. The Hall–Kier alpha value is -2.17. The Kier molecular flexibility index (Phi) is 3.72. The molecule has 1 aromatic carbocycles. The minimum Gasteiger partial charge on any atom is -0.469 e. The van der Waals surface area contributed by atoms with E-state index in [1.165, 1.54) is 18.4 Å². The first kappa shape index (κ1) is 12.3. The summed E-state index contributed by atoms with van der Waals surface area (Å²) < 4.78 is 31.3. The van der Waals surface area contributed by atoms with Crippen LogP contribution in [0.4, 0.5) is 8.78 Å². The molecular formula is C13H11F2NO2. The summed E-state index contributed by atoms with van der Waals surface area (Å²) >= 11 is 0. The van der Waals surface area contributed by atoms with Crippen molar-refractivity contribution in [1.82, 2.24) is 5.32 Å². The Morgan fingerprint density at radius 3 is 2.78 bits per heavy atom. The molecule has 94 valence electrons. The molecule has 0 bridgehead atoms. The van der Waals surface area contributed by atoms with E-state index in [1.54, 1.807) is 12.1 Å². The van der Waals surface area contributed by atoms with Crippen molar-refractivity contribution >= 4 is 5.91 Å². The smallest absolute Gasteiger partial charge is 0.254 e. The van der Waals surface area contributed by atoms with E-state index in [2.05, 4.69) is 5.32 Å². The van der Waals surface area contributed by atoms with Crippen LogP contribution in [-0.2, 0) is 6.42 Å². The number of amides is 1. The molecule has 0 saturated heterocycles. The molecule has 0 atom stereocenters. The molecule has 0 saturated carbocycles. The van der Waals surface area contributed by atoms with Gasteiger partial charge in [0.1, 0.15) is 5.76 Å². The standard InChI is InChI=1S/C13H11F2NO2/c14-11-5-1-4-10(12(11)15)13(17)16-7-6-9-3-2-8-18-9/h1-5,8H,6-7H2,(H,16,17). The predicted octanol–water partition coefficient (Wildman–Crippen LogP) is 2.53. The summed E-state index contributed by atoms with van der Waals surface area (Å²) in [7, 11) is 0. The van der Waals surface area contributed by atoms with Gasteiger partial charge in [-0.2, -0.15) is 0 Å². The summed E-state index contributed by atoms with van der Waals surface area (Å²) in [6.07, 6.45) is 2.03. The predicted molar refractivity (Wildman–Crippen MR) is 61.1 cm³/mol. The molecule has 0 unspecified atom stereocenters. The van der Waals surface area contributed by atoms with Crippen molar-refractivity contribution < 1.29 is 18.0 Å². The second-order valence-electron chi connectivity index (χ2n) is 3.69. The van der Waals surface area contributed by atoms with Crippen LogP contribution in [0.5, 0.6) is 0 Å². The van der Waals surface area contributed by atoms with Crippen LogP contribution in [0.15, 0.2) is 41.0 Å². The maximum absolute atomic E-state index is 13.3. The van der Waals surface area contributed by atoms with Crippen LogP contribution in [0.25, 0.3) is 0 Å². The number of halogens is 2. The molecule has 0 fully saturated rings. The SMILES string of the molecule is O=C(NCCc1ccco1)c1cccc(F)c1F. The number of nitrogens with one attached hydrogen (secondary N) is 1. The van der Waals surface area contributed by atoms with Gasteiger partial charge in [-0.15, -0.1) is 0 Å². The largest absolute Gasteiger partial charge is 0.469 e. The Bertz CT molecular complexity index is 538. The van der Waals surface area contributed by atoms with E-state index >= 15 is 0 Å². The first-order valence-electron chi connectivity index (χ1n) is 5.43. The van der Waals surface area contributed by atoms with Crippen LogP contribution in [-0.4, -0.2) is 12.5 Å². The third-order valence-electron chi connectivity index (χ3n) is 2.43. The summed E-state index contributed by atoms with van der Waals surface area (Å²) in [6, 6.07) is 7.01. The second-order valence-corrected chi connectivity index (χ2v) is 3.69. The van der Waals surface area contributed by atoms with Gasteiger partial charge in [0.25, 0.3) is 5.91 Å². The highest BCUT2D eigenvalue weighted by Gasteiger charge is 2.14. The monoisotopic (exact) mass is 251 g/mol. The van der Waals surface area contributed by atoms with Gasteiger partial charge in [-0.3, -0.25) is 4.79 Å². The van der Waals surface area contributed by atoms with Gasteiger partial charge in [-0.25, -0.2) is 8.78 Å². The third-order valence-corrected chi connectivity index (χ3v) is 2.43. The van der Waals surface area contributed by atoms with Crippen molar-refractivity contribution in [2.75, 3.05) is 6.54 Å². The molecule has 1 heterocycles. The zero-order valence-corrected chi connectivity index (χ0v) is 9.45. The van der Waals surface area contributed by atoms with Crippen molar-refractivity contribution in [3.63, 3.8) is 0 Å². The van der Waals surface area contributed by atoms with Crippen molar-refractivity contribution in [3.05, 3.63) is 59.6 Å². The molecule has 1 N–H and O–H groups in total. The summed E-state index contributed by atoms with van der Waals surface area (Å²) in [4.78, 5) is 11.6. The number of furan rings is 1. The molecule has 0 aliphatic rings. The van der Waals surface area contributed by atoms with E-state index in [4.69, 9.17) is 4.42 Å². The lowest BCUT2D eigenvalue weighted by atomic mass is 10.2. The lowest BCUT2D eigenvalue weighted by Gasteiger charge is -2.05. The number of rotatable bonds is 4.